The summed E-state index contributed by atoms with van der Waals surface area (Å²) in [6, 6.07) is 0. The molecule has 0 amide bonds. The Kier molecular flexibility index (Phi) is 21.9. The maximum absolute atomic E-state index is 8.60. The zero-order chi connectivity index (χ0) is 17.6. The average molecular weight is 337 g/mol. The first-order chi connectivity index (χ1) is 11.9. The van der Waals surface area contributed by atoms with E-state index in [1.165, 1.54) is 109 Å². The summed E-state index contributed by atoms with van der Waals surface area (Å²) in [6.45, 7) is 2.43. The molecule has 1 heteroatoms. The van der Waals surface area contributed by atoms with Crippen molar-refractivity contribution in [1.29, 1.82) is 0 Å². The van der Waals surface area contributed by atoms with Crippen molar-refractivity contribution >= 4 is 0 Å². The number of unbranched alkanes of at least 4 members (excludes halogenated alkanes) is 16. The molecule has 0 aliphatic rings. The molecule has 0 radical (unpaired) electrons. The largest absolute Gasteiger partial charge is 0.392 e. The van der Waals surface area contributed by atoms with E-state index in [9.17, 15) is 0 Å². The molecule has 0 aliphatic carbocycles. The molecule has 0 aromatic heterocycles. The second-order valence-corrected chi connectivity index (χ2v) is 7.13. The molecule has 0 spiro atoms. The van der Waals surface area contributed by atoms with Crippen LogP contribution in [0.15, 0.2) is 24.3 Å². The van der Waals surface area contributed by atoms with Gasteiger partial charge in [-0.25, -0.2) is 0 Å². The van der Waals surface area contributed by atoms with Gasteiger partial charge in [-0.3, -0.25) is 0 Å². The van der Waals surface area contributed by atoms with Crippen LogP contribution in [0.25, 0.3) is 0 Å². The van der Waals surface area contributed by atoms with Crippen molar-refractivity contribution in [1.82, 2.24) is 0 Å². The molecule has 0 aromatic carbocycles. The standard InChI is InChI=1S/C23H44O/c1-2-3-4-5-6-7-8-9-10-11-12-13-14-15-16-17-18-19-20-21-22-23-24/h19-22,24H,2-18,23H2,1H3. The molecule has 24 heavy (non-hydrogen) atoms. The van der Waals surface area contributed by atoms with E-state index in [1.807, 2.05) is 12.2 Å². The number of rotatable bonds is 19. The fourth-order valence-electron chi connectivity index (χ4n) is 3.12. The van der Waals surface area contributed by atoms with Gasteiger partial charge in [0.25, 0.3) is 0 Å². The van der Waals surface area contributed by atoms with Gasteiger partial charge in [0.2, 0.25) is 0 Å². The first-order valence-electron chi connectivity index (χ1n) is 10.8. The van der Waals surface area contributed by atoms with Crippen LogP contribution < -0.4 is 0 Å². The van der Waals surface area contributed by atoms with Crippen LogP contribution in [0.4, 0.5) is 0 Å². The topological polar surface area (TPSA) is 20.2 Å². The lowest BCUT2D eigenvalue weighted by atomic mass is 10.0. The van der Waals surface area contributed by atoms with Crippen LogP contribution in [0.1, 0.15) is 116 Å². The number of hydrogen-bond acceptors (Lipinski definition) is 1. The van der Waals surface area contributed by atoms with Crippen LogP contribution in [0, 0.1) is 0 Å². The van der Waals surface area contributed by atoms with Gasteiger partial charge in [0.1, 0.15) is 0 Å². The molecule has 0 saturated carbocycles. The lowest BCUT2D eigenvalue weighted by molar-refractivity contribution is 0.343. The van der Waals surface area contributed by atoms with Crippen molar-refractivity contribution in [2.45, 2.75) is 116 Å². The monoisotopic (exact) mass is 336 g/mol. The Morgan fingerprint density at radius 3 is 1.29 bits per heavy atom. The van der Waals surface area contributed by atoms with Crippen molar-refractivity contribution in [3.8, 4) is 0 Å². The zero-order valence-corrected chi connectivity index (χ0v) is 16.5. The first kappa shape index (κ1) is 23.4. The average Bonchev–Trinajstić information content (AvgIpc) is 2.60. The summed E-state index contributed by atoms with van der Waals surface area (Å²) in [6.07, 6.45) is 32.0. The highest BCUT2D eigenvalue weighted by molar-refractivity contribution is 5.02. The van der Waals surface area contributed by atoms with Gasteiger partial charge in [-0.05, 0) is 12.8 Å². The van der Waals surface area contributed by atoms with Gasteiger partial charge in [-0.1, -0.05) is 128 Å². The van der Waals surface area contributed by atoms with Gasteiger partial charge < -0.3 is 5.11 Å². The molecule has 1 N–H and O–H groups in total. The molecule has 0 aliphatic heterocycles. The highest BCUT2D eigenvalue weighted by Crippen LogP contribution is 2.14. The third-order valence-corrected chi connectivity index (χ3v) is 4.71. The maximum atomic E-state index is 8.60. The number of hydrogen-bond donors (Lipinski definition) is 1. The quantitative estimate of drug-likeness (QED) is 0.189. The summed E-state index contributed by atoms with van der Waals surface area (Å²) < 4.78 is 0. The van der Waals surface area contributed by atoms with Crippen LogP contribution >= 0.6 is 0 Å². The predicted molar refractivity (Wildman–Crippen MR) is 110 cm³/mol. The van der Waals surface area contributed by atoms with Crippen LogP contribution in [0.2, 0.25) is 0 Å². The normalized spacial score (nSPS) is 11.9. The number of aliphatic hydroxyl groups is 1. The van der Waals surface area contributed by atoms with Crippen molar-refractivity contribution in [2.75, 3.05) is 6.61 Å². The molecule has 0 bridgehead atoms. The maximum Gasteiger partial charge on any atom is 0.0615 e. The van der Waals surface area contributed by atoms with E-state index in [0.29, 0.717) is 0 Å². The van der Waals surface area contributed by atoms with Crippen molar-refractivity contribution in [3.63, 3.8) is 0 Å². The van der Waals surface area contributed by atoms with Gasteiger partial charge in [-0.15, -0.1) is 0 Å². The molecular weight excluding hydrogens is 292 g/mol. The molecule has 0 fully saturated rings. The summed E-state index contributed by atoms with van der Waals surface area (Å²) in [4.78, 5) is 0. The molecular formula is C23H44O. The van der Waals surface area contributed by atoms with Gasteiger partial charge in [0.05, 0.1) is 6.61 Å². The molecule has 0 atom stereocenters. The van der Waals surface area contributed by atoms with Crippen molar-refractivity contribution < 1.29 is 5.11 Å². The van der Waals surface area contributed by atoms with E-state index in [1.54, 1.807) is 6.08 Å². The Balaban J connectivity index is 3.02. The highest BCUT2D eigenvalue weighted by Gasteiger charge is 1.94. The second-order valence-electron chi connectivity index (χ2n) is 7.13. The minimum Gasteiger partial charge on any atom is -0.392 e. The van der Waals surface area contributed by atoms with E-state index in [4.69, 9.17) is 5.11 Å². The molecule has 0 heterocycles. The lowest BCUT2D eigenvalue weighted by Crippen LogP contribution is -1.83. The Hall–Kier alpha value is -0.560. The summed E-state index contributed by atoms with van der Waals surface area (Å²) in [5, 5.41) is 8.60. The molecule has 1 nitrogen and oxygen atoms in total. The Morgan fingerprint density at radius 1 is 0.500 bits per heavy atom. The van der Waals surface area contributed by atoms with Crippen LogP contribution in [-0.2, 0) is 0 Å². The summed E-state index contributed by atoms with van der Waals surface area (Å²) in [5.74, 6) is 0. The molecule has 0 aromatic rings. The van der Waals surface area contributed by atoms with E-state index in [2.05, 4.69) is 13.0 Å². The predicted octanol–water partition coefficient (Wildman–Crippen LogP) is 7.74. The second kappa shape index (κ2) is 22.4. The van der Waals surface area contributed by atoms with Gasteiger partial charge >= 0.3 is 0 Å². The fourth-order valence-corrected chi connectivity index (χ4v) is 3.12. The smallest absolute Gasteiger partial charge is 0.0615 e. The van der Waals surface area contributed by atoms with E-state index < -0.39 is 0 Å². The van der Waals surface area contributed by atoms with Crippen LogP contribution in [0.5, 0.6) is 0 Å². The third kappa shape index (κ3) is 21.4. The molecule has 0 saturated heterocycles. The van der Waals surface area contributed by atoms with Gasteiger partial charge in [0, 0.05) is 0 Å². The molecule has 142 valence electrons. The first-order valence-corrected chi connectivity index (χ1v) is 10.8. The summed E-state index contributed by atoms with van der Waals surface area (Å²) >= 11 is 0. The highest BCUT2D eigenvalue weighted by atomic mass is 16.2. The Morgan fingerprint density at radius 2 is 0.875 bits per heavy atom. The summed E-state index contributed by atoms with van der Waals surface area (Å²) in [5.41, 5.74) is 0. The SMILES string of the molecule is CCCCCCCCCCCCCCCCCCC=CC=CCO. The number of aliphatic hydroxyl groups excluding tert-OH is 1. The van der Waals surface area contributed by atoms with E-state index >= 15 is 0 Å². The zero-order valence-electron chi connectivity index (χ0n) is 16.5. The van der Waals surface area contributed by atoms with Crippen LogP contribution in [0.3, 0.4) is 0 Å². The minimum absolute atomic E-state index is 0.142. The van der Waals surface area contributed by atoms with Crippen molar-refractivity contribution in [2.24, 2.45) is 0 Å². The lowest BCUT2D eigenvalue weighted by Gasteiger charge is -2.03. The third-order valence-electron chi connectivity index (χ3n) is 4.71. The van der Waals surface area contributed by atoms with Gasteiger partial charge in [-0.2, -0.15) is 0 Å². The van der Waals surface area contributed by atoms with Crippen molar-refractivity contribution in [3.05, 3.63) is 24.3 Å². The Labute approximate surface area is 152 Å². The minimum atomic E-state index is 0.142. The van der Waals surface area contributed by atoms with Gasteiger partial charge in [0.15, 0.2) is 0 Å². The fraction of sp³-hybridized carbons (Fsp3) is 0.826. The van der Waals surface area contributed by atoms with E-state index in [-0.39, 0.29) is 6.61 Å². The summed E-state index contributed by atoms with van der Waals surface area (Å²) in [7, 11) is 0. The molecule has 0 unspecified atom stereocenters. The molecule has 0 rings (SSSR count). The number of allylic oxidation sites excluding steroid dienone is 3. The Bertz CT molecular complexity index is 267. The van der Waals surface area contributed by atoms with Crippen LogP contribution in [-0.4, -0.2) is 11.7 Å². The van der Waals surface area contributed by atoms with E-state index in [0.717, 1.165) is 0 Å².